The predicted molar refractivity (Wildman–Crippen MR) is 57.2 cm³/mol. The topological polar surface area (TPSA) is 39.9 Å². The molecule has 15 heavy (non-hydrogen) atoms. The van der Waals surface area contributed by atoms with Gasteiger partial charge in [-0.15, -0.1) is 0 Å². The predicted octanol–water partition coefficient (Wildman–Crippen LogP) is 2.74. The average Bonchev–Trinajstić information content (AvgIpc) is 2.65. The quantitative estimate of drug-likeness (QED) is 0.752. The third-order valence-electron chi connectivity index (χ3n) is 1.85. The van der Waals surface area contributed by atoms with Crippen LogP contribution in [-0.4, -0.2) is 14.8 Å². The highest BCUT2D eigenvalue weighted by Crippen LogP contribution is 2.19. The van der Waals surface area contributed by atoms with Gasteiger partial charge in [0.1, 0.15) is 5.15 Å². The molecule has 0 fully saturated rings. The molecular weight excluding hydrogens is 214 g/mol. The normalized spacial score (nSPS) is 10.3. The van der Waals surface area contributed by atoms with Crippen LogP contribution in [0.2, 0.25) is 5.15 Å². The smallest absolute Gasteiger partial charge is 0.220 e. The highest BCUT2D eigenvalue weighted by Gasteiger charge is 2.01. The van der Waals surface area contributed by atoms with Crippen LogP contribution in [0.5, 0.6) is 11.6 Å². The number of ether oxygens (including phenoxy) is 1. The average molecular weight is 224 g/mol. The number of pyridine rings is 1. The number of hydrogen-bond donors (Lipinski definition) is 0. The van der Waals surface area contributed by atoms with Gasteiger partial charge < -0.3 is 4.74 Å². The highest BCUT2D eigenvalue weighted by molar-refractivity contribution is 6.29. The second-order valence-corrected chi connectivity index (χ2v) is 3.32. The summed E-state index contributed by atoms with van der Waals surface area (Å²) in [6.07, 6.45) is 3.45. The molecule has 0 aliphatic rings. The van der Waals surface area contributed by atoms with Crippen molar-refractivity contribution in [3.8, 4) is 11.6 Å². The van der Waals surface area contributed by atoms with E-state index in [-0.39, 0.29) is 0 Å². The van der Waals surface area contributed by atoms with Gasteiger partial charge in [0.2, 0.25) is 5.88 Å². The van der Waals surface area contributed by atoms with E-state index in [4.69, 9.17) is 16.3 Å². The van der Waals surface area contributed by atoms with Gasteiger partial charge in [-0.2, -0.15) is 5.10 Å². The number of rotatable bonds is 3. The van der Waals surface area contributed by atoms with Crippen molar-refractivity contribution in [1.29, 1.82) is 0 Å². The number of halogens is 1. The van der Waals surface area contributed by atoms with Crippen LogP contribution in [0.3, 0.4) is 0 Å². The zero-order valence-electron chi connectivity index (χ0n) is 8.22. The molecule has 5 heteroatoms. The lowest BCUT2D eigenvalue weighted by molar-refractivity contribution is 0.462. The summed E-state index contributed by atoms with van der Waals surface area (Å²) in [6, 6.07) is 5.23. The highest BCUT2D eigenvalue weighted by atomic mass is 35.5. The first-order chi connectivity index (χ1) is 7.28. The van der Waals surface area contributed by atoms with Gasteiger partial charge in [0.25, 0.3) is 0 Å². The first-order valence-corrected chi connectivity index (χ1v) is 4.98. The maximum absolute atomic E-state index is 5.73. The molecule has 0 atom stereocenters. The molecule has 2 aromatic rings. The Hall–Kier alpha value is -1.55. The van der Waals surface area contributed by atoms with Gasteiger partial charge in [-0.05, 0) is 13.0 Å². The van der Waals surface area contributed by atoms with Crippen molar-refractivity contribution >= 4 is 11.6 Å². The molecule has 2 rings (SSSR count). The van der Waals surface area contributed by atoms with Gasteiger partial charge in [-0.3, -0.25) is 4.68 Å². The minimum atomic E-state index is 0.412. The lowest BCUT2D eigenvalue weighted by Gasteiger charge is -2.00. The first kappa shape index (κ1) is 9.98. The van der Waals surface area contributed by atoms with Crippen molar-refractivity contribution in [3.05, 3.63) is 35.7 Å². The molecule has 0 aliphatic carbocycles. The summed E-state index contributed by atoms with van der Waals surface area (Å²) in [5.74, 6) is 1.13. The van der Waals surface area contributed by atoms with Crippen molar-refractivity contribution in [2.24, 2.45) is 0 Å². The zero-order chi connectivity index (χ0) is 10.7. The number of hydrogen-bond acceptors (Lipinski definition) is 3. The molecule has 0 saturated carbocycles. The Morgan fingerprint density at radius 2 is 2.33 bits per heavy atom. The summed E-state index contributed by atoms with van der Waals surface area (Å²) < 4.78 is 7.24. The van der Waals surface area contributed by atoms with Crippen molar-refractivity contribution in [3.63, 3.8) is 0 Å². The molecule has 0 radical (unpaired) electrons. The van der Waals surface area contributed by atoms with Crippen LogP contribution in [0.4, 0.5) is 0 Å². The summed E-state index contributed by atoms with van der Waals surface area (Å²) in [6.45, 7) is 2.82. The van der Waals surface area contributed by atoms with Gasteiger partial charge in [0, 0.05) is 12.6 Å². The van der Waals surface area contributed by atoms with Gasteiger partial charge in [0.15, 0.2) is 5.75 Å². The molecule has 0 aliphatic heterocycles. The minimum absolute atomic E-state index is 0.412. The lowest BCUT2D eigenvalue weighted by Crippen LogP contribution is -1.92. The fourth-order valence-corrected chi connectivity index (χ4v) is 1.29. The van der Waals surface area contributed by atoms with Crippen LogP contribution in [-0.2, 0) is 6.54 Å². The Kier molecular flexibility index (Phi) is 2.87. The Morgan fingerprint density at radius 1 is 1.47 bits per heavy atom. The van der Waals surface area contributed by atoms with Gasteiger partial charge in [-0.25, -0.2) is 4.98 Å². The third kappa shape index (κ3) is 2.47. The Balaban J connectivity index is 2.14. The Bertz CT molecular complexity index is 455. The molecule has 2 heterocycles. The second-order valence-electron chi connectivity index (χ2n) is 2.93. The van der Waals surface area contributed by atoms with E-state index in [2.05, 4.69) is 10.1 Å². The standard InChI is InChI=1S/C10H10ClN3O/c1-2-14-7-8(6-12-14)15-10-5-3-4-9(11)13-10/h3-7H,2H2,1H3. The van der Waals surface area contributed by atoms with Crippen molar-refractivity contribution < 1.29 is 4.74 Å². The van der Waals surface area contributed by atoms with E-state index in [0.717, 1.165) is 6.54 Å². The molecular formula is C10H10ClN3O. The van der Waals surface area contributed by atoms with E-state index in [0.29, 0.717) is 16.8 Å². The molecule has 0 unspecified atom stereocenters. The van der Waals surface area contributed by atoms with Crippen LogP contribution >= 0.6 is 11.6 Å². The van der Waals surface area contributed by atoms with Gasteiger partial charge in [0.05, 0.1) is 12.4 Å². The first-order valence-electron chi connectivity index (χ1n) is 4.61. The van der Waals surface area contributed by atoms with Crippen LogP contribution < -0.4 is 4.74 Å². The van der Waals surface area contributed by atoms with Gasteiger partial charge >= 0.3 is 0 Å². The summed E-state index contributed by atoms with van der Waals surface area (Å²) in [5.41, 5.74) is 0. The third-order valence-corrected chi connectivity index (χ3v) is 2.06. The molecule has 78 valence electrons. The fourth-order valence-electron chi connectivity index (χ4n) is 1.14. The molecule has 2 aromatic heterocycles. The van der Waals surface area contributed by atoms with E-state index < -0.39 is 0 Å². The second kappa shape index (κ2) is 4.31. The van der Waals surface area contributed by atoms with E-state index in [1.54, 1.807) is 29.1 Å². The van der Waals surface area contributed by atoms with Gasteiger partial charge in [-0.1, -0.05) is 17.7 Å². The fraction of sp³-hybridized carbons (Fsp3) is 0.200. The van der Waals surface area contributed by atoms with Crippen molar-refractivity contribution in [2.45, 2.75) is 13.5 Å². The summed E-state index contributed by atoms with van der Waals surface area (Å²) >= 11 is 5.73. The minimum Gasteiger partial charge on any atom is -0.436 e. The van der Waals surface area contributed by atoms with Crippen LogP contribution in [0.1, 0.15) is 6.92 Å². The van der Waals surface area contributed by atoms with E-state index >= 15 is 0 Å². The van der Waals surface area contributed by atoms with Crippen LogP contribution in [0.15, 0.2) is 30.6 Å². The molecule has 0 spiro atoms. The van der Waals surface area contributed by atoms with E-state index in [1.165, 1.54) is 0 Å². The molecule has 0 amide bonds. The lowest BCUT2D eigenvalue weighted by atomic mass is 10.5. The Labute approximate surface area is 92.5 Å². The van der Waals surface area contributed by atoms with Crippen molar-refractivity contribution in [2.75, 3.05) is 0 Å². The maximum atomic E-state index is 5.73. The molecule has 0 saturated heterocycles. The van der Waals surface area contributed by atoms with E-state index in [9.17, 15) is 0 Å². The van der Waals surface area contributed by atoms with Crippen LogP contribution in [0, 0.1) is 0 Å². The molecule has 4 nitrogen and oxygen atoms in total. The number of nitrogens with zero attached hydrogens (tertiary/aromatic N) is 3. The summed E-state index contributed by atoms with van der Waals surface area (Å²) in [5, 5.41) is 4.50. The zero-order valence-corrected chi connectivity index (χ0v) is 8.98. The van der Waals surface area contributed by atoms with Crippen LogP contribution in [0.25, 0.3) is 0 Å². The largest absolute Gasteiger partial charge is 0.436 e. The van der Waals surface area contributed by atoms with E-state index in [1.807, 2.05) is 13.1 Å². The number of aryl methyl sites for hydroxylation is 1. The monoisotopic (exact) mass is 223 g/mol. The maximum Gasteiger partial charge on any atom is 0.220 e. The molecule has 0 bridgehead atoms. The molecule has 0 N–H and O–H groups in total. The van der Waals surface area contributed by atoms with Crippen molar-refractivity contribution in [1.82, 2.24) is 14.8 Å². The molecule has 0 aromatic carbocycles. The number of aromatic nitrogens is 3. The SMILES string of the molecule is CCn1cc(Oc2cccc(Cl)n2)cn1. The summed E-state index contributed by atoms with van der Waals surface area (Å²) in [4.78, 5) is 4.01. The summed E-state index contributed by atoms with van der Waals surface area (Å²) in [7, 11) is 0. The Morgan fingerprint density at radius 3 is 3.00 bits per heavy atom.